The molecule has 0 bridgehead atoms. The summed E-state index contributed by atoms with van der Waals surface area (Å²) in [5, 5.41) is 5.31. The molecule has 1 unspecified atom stereocenters. The van der Waals surface area contributed by atoms with Crippen molar-refractivity contribution in [2.45, 2.75) is 26.8 Å². The fourth-order valence-corrected chi connectivity index (χ4v) is 2.98. The maximum absolute atomic E-state index is 11.9. The van der Waals surface area contributed by atoms with Crippen molar-refractivity contribution in [3.05, 3.63) is 21.9 Å². The number of thiophene rings is 1. The molecule has 0 saturated heterocycles. The Morgan fingerprint density at radius 1 is 1.47 bits per heavy atom. The summed E-state index contributed by atoms with van der Waals surface area (Å²) in [7, 11) is 1.43. The first-order valence-corrected chi connectivity index (χ1v) is 7.59. The molecule has 1 aromatic heterocycles. The van der Waals surface area contributed by atoms with Gasteiger partial charge in [0.15, 0.2) is 0 Å². The van der Waals surface area contributed by atoms with Crippen LogP contribution in [0, 0.1) is 6.92 Å². The van der Waals surface area contributed by atoms with Gasteiger partial charge in [-0.05, 0) is 37.0 Å². The lowest BCUT2D eigenvalue weighted by Crippen LogP contribution is -2.36. The minimum absolute atomic E-state index is 0.218. The molecule has 0 spiro atoms. The molecule has 0 fully saturated rings. The van der Waals surface area contributed by atoms with Crippen molar-refractivity contribution >= 4 is 17.3 Å². The Morgan fingerprint density at radius 2 is 2.16 bits per heavy atom. The topological polar surface area (TPSA) is 41.6 Å². The van der Waals surface area contributed by atoms with Gasteiger partial charge in [0, 0.05) is 18.0 Å². The lowest BCUT2D eigenvalue weighted by atomic mass is 10.1. The highest BCUT2D eigenvalue weighted by Crippen LogP contribution is 2.24. The first kappa shape index (κ1) is 16.1. The molecule has 4 nitrogen and oxygen atoms in total. The summed E-state index contributed by atoms with van der Waals surface area (Å²) in [5.74, 6) is -0.218. The number of esters is 1. The second-order valence-electron chi connectivity index (χ2n) is 4.41. The number of hydrogen-bond acceptors (Lipinski definition) is 5. The van der Waals surface area contributed by atoms with Gasteiger partial charge in [-0.2, -0.15) is 0 Å². The van der Waals surface area contributed by atoms with Crippen LogP contribution in [0.5, 0.6) is 0 Å². The van der Waals surface area contributed by atoms with Gasteiger partial charge in [-0.15, -0.1) is 11.3 Å². The van der Waals surface area contributed by atoms with Gasteiger partial charge >= 0.3 is 5.97 Å². The lowest BCUT2D eigenvalue weighted by Gasteiger charge is -2.21. The van der Waals surface area contributed by atoms with Crippen molar-refractivity contribution < 1.29 is 9.53 Å². The fraction of sp³-hybridized carbons (Fsp3) is 0.643. The number of nitrogens with zero attached hydrogens (tertiary/aromatic N) is 1. The number of nitrogens with one attached hydrogen (secondary N) is 1. The van der Waals surface area contributed by atoms with Crippen molar-refractivity contribution in [3.8, 4) is 0 Å². The quantitative estimate of drug-likeness (QED) is 0.743. The predicted octanol–water partition coefficient (Wildman–Crippen LogP) is 2.20. The van der Waals surface area contributed by atoms with Crippen LogP contribution >= 0.6 is 11.3 Å². The molecule has 1 atom stereocenters. The highest BCUT2D eigenvalue weighted by molar-refractivity contribution is 7.10. The Labute approximate surface area is 119 Å². The van der Waals surface area contributed by atoms with Crippen LogP contribution in [0.3, 0.4) is 0 Å². The zero-order valence-electron chi connectivity index (χ0n) is 12.2. The Morgan fingerprint density at radius 3 is 2.63 bits per heavy atom. The summed E-state index contributed by atoms with van der Waals surface area (Å²) in [6.07, 6.45) is 0. The number of carbonyl (C=O) groups is 1. The van der Waals surface area contributed by atoms with Crippen LogP contribution in [-0.2, 0) is 9.53 Å². The number of hydrogen-bond donors (Lipinski definition) is 1. The van der Waals surface area contributed by atoms with E-state index >= 15 is 0 Å². The molecule has 1 N–H and O–H groups in total. The summed E-state index contributed by atoms with van der Waals surface area (Å²) in [4.78, 5) is 15.3. The summed E-state index contributed by atoms with van der Waals surface area (Å²) < 4.78 is 4.89. The van der Waals surface area contributed by atoms with Crippen molar-refractivity contribution in [1.29, 1.82) is 0 Å². The van der Waals surface area contributed by atoms with Gasteiger partial charge in [0.05, 0.1) is 7.11 Å². The average Bonchev–Trinajstić information content (AvgIpc) is 2.84. The van der Waals surface area contributed by atoms with E-state index in [4.69, 9.17) is 4.74 Å². The molecule has 1 aromatic rings. The van der Waals surface area contributed by atoms with Gasteiger partial charge in [0.2, 0.25) is 0 Å². The maximum Gasteiger partial charge on any atom is 0.328 e. The van der Waals surface area contributed by atoms with Crippen molar-refractivity contribution in [1.82, 2.24) is 10.2 Å². The summed E-state index contributed by atoms with van der Waals surface area (Å²) in [5.41, 5.74) is 1.13. The second kappa shape index (κ2) is 8.30. The largest absolute Gasteiger partial charge is 0.468 e. The molecule has 1 rings (SSSR count). The lowest BCUT2D eigenvalue weighted by molar-refractivity contribution is -0.143. The first-order chi connectivity index (χ1) is 9.13. The molecule has 0 amide bonds. The molecule has 0 aliphatic carbocycles. The van der Waals surface area contributed by atoms with Crippen molar-refractivity contribution in [2.75, 3.05) is 33.3 Å². The van der Waals surface area contributed by atoms with Crippen molar-refractivity contribution in [3.63, 3.8) is 0 Å². The molecule has 19 heavy (non-hydrogen) atoms. The minimum atomic E-state index is -0.347. The van der Waals surface area contributed by atoms with E-state index in [1.807, 2.05) is 18.4 Å². The van der Waals surface area contributed by atoms with Crippen LogP contribution in [0.4, 0.5) is 0 Å². The van der Waals surface area contributed by atoms with Crippen LogP contribution in [0.15, 0.2) is 11.4 Å². The third-order valence-electron chi connectivity index (χ3n) is 3.27. The fourth-order valence-electron chi connectivity index (χ4n) is 1.99. The number of likely N-dealkylation sites (N-methyl/N-ethyl adjacent to an activating group) is 1. The van der Waals surface area contributed by atoms with Gasteiger partial charge in [0.25, 0.3) is 0 Å². The van der Waals surface area contributed by atoms with Crippen LogP contribution in [0.2, 0.25) is 0 Å². The number of carbonyl (C=O) groups excluding carboxylic acids is 1. The second-order valence-corrected chi connectivity index (χ2v) is 5.35. The molecule has 0 aromatic carbocycles. The summed E-state index contributed by atoms with van der Waals surface area (Å²) >= 11 is 1.59. The van der Waals surface area contributed by atoms with Crippen LogP contribution in [-0.4, -0.2) is 44.2 Å². The Hall–Kier alpha value is -0.910. The number of rotatable bonds is 8. The average molecular weight is 284 g/mol. The highest BCUT2D eigenvalue weighted by Gasteiger charge is 2.23. The molecular weight excluding hydrogens is 260 g/mol. The first-order valence-electron chi connectivity index (χ1n) is 6.71. The van der Waals surface area contributed by atoms with Crippen LogP contribution in [0.25, 0.3) is 0 Å². The van der Waals surface area contributed by atoms with Crippen molar-refractivity contribution in [2.24, 2.45) is 0 Å². The summed E-state index contributed by atoms with van der Waals surface area (Å²) in [6.45, 7) is 10.1. The SMILES string of the molecule is CCN(CC)CCNC(C(=O)OC)c1sccc1C. The van der Waals surface area contributed by atoms with Gasteiger partial charge in [-0.3, -0.25) is 5.32 Å². The standard InChI is InChI=1S/C14H24N2O2S/c1-5-16(6-2)9-8-15-12(14(17)18-4)13-11(3)7-10-19-13/h7,10,12,15H,5-6,8-9H2,1-4H3. The molecule has 0 aliphatic heterocycles. The highest BCUT2D eigenvalue weighted by atomic mass is 32.1. The maximum atomic E-state index is 11.9. The van der Waals surface area contributed by atoms with E-state index in [2.05, 4.69) is 24.1 Å². The number of methoxy groups -OCH3 is 1. The van der Waals surface area contributed by atoms with E-state index in [9.17, 15) is 4.79 Å². The van der Waals surface area contributed by atoms with Gasteiger partial charge in [-0.25, -0.2) is 4.79 Å². The van der Waals surface area contributed by atoms with Gasteiger partial charge in [0.1, 0.15) is 6.04 Å². The predicted molar refractivity (Wildman–Crippen MR) is 79.6 cm³/mol. The summed E-state index contributed by atoms with van der Waals surface area (Å²) in [6, 6.07) is 1.68. The van der Waals surface area contributed by atoms with Crippen LogP contribution < -0.4 is 5.32 Å². The Balaban J connectivity index is 2.62. The number of ether oxygens (including phenoxy) is 1. The number of aryl methyl sites for hydroxylation is 1. The zero-order valence-corrected chi connectivity index (χ0v) is 13.0. The van der Waals surface area contributed by atoms with E-state index in [0.717, 1.165) is 36.6 Å². The Bertz CT molecular complexity index is 389. The normalized spacial score (nSPS) is 12.7. The zero-order chi connectivity index (χ0) is 14.3. The monoisotopic (exact) mass is 284 g/mol. The van der Waals surface area contributed by atoms with E-state index in [1.165, 1.54) is 7.11 Å². The van der Waals surface area contributed by atoms with Gasteiger partial charge < -0.3 is 9.64 Å². The smallest absolute Gasteiger partial charge is 0.328 e. The van der Waals surface area contributed by atoms with E-state index in [1.54, 1.807) is 11.3 Å². The molecular formula is C14H24N2O2S. The molecule has 0 saturated carbocycles. The Kier molecular flexibility index (Phi) is 7.05. The minimum Gasteiger partial charge on any atom is -0.468 e. The van der Waals surface area contributed by atoms with E-state index < -0.39 is 0 Å². The molecule has 1 heterocycles. The van der Waals surface area contributed by atoms with E-state index in [-0.39, 0.29) is 12.0 Å². The van der Waals surface area contributed by atoms with Gasteiger partial charge in [-0.1, -0.05) is 13.8 Å². The molecule has 108 valence electrons. The van der Waals surface area contributed by atoms with Crippen LogP contribution in [0.1, 0.15) is 30.3 Å². The third-order valence-corrected chi connectivity index (χ3v) is 4.36. The van der Waals surface area contributed by atoms with E-state index in [0.29, 0.717) is 0 Å². The molecule has 5 heteroatoms. The third kappa shape index (κ3) is 4.60. The molecule has 0 radical (unpaired) electrons. The molecule has 0 aliphatic rings.